The van der Waals surface area contributed by atoms with Crippen molar-refractivity contribution in [2.24, 2.45) is 0 Å². The molecule has 0 fully saturated rings. The second-order valence-electron chi connectivity index (χ2n) is 9.00. The number of pyridine rings is 1. The molecule has 4 N–H and O–H groups in total. The number of nitrogens with zero attached hydrogens (tertiary/aromatic N) is 2. The van der Waals surface area contributed by atoms with Gasteiger partial charge in [-0.25, -0.2) is 5.48 Å². The molecule has 0 radical (unpaired) electrons. The molecule has 1 heterocycles. The van der Waals surface area contributed by atoms with Crippen molar-refractivity contribution >= 4 is 56.7 Å². The molecule has 4 rings (SSSR count). The van der Waals surface area contributed by atoms with Crippen LogP contribution in [-0.2, 0) is 19.2 Å². The number of hydroxylamine groups is 1. The summed E-state index contributed by atoms with van der Waals surface area (Å²) in [6.07, 6.45) is 2.43. The lowest BCUT2D eigenvalue weighted by Gasteiger charge is -2.22. The summed E-state index contributed by atoms with van der Waals surface area (Å²) in [6, 6.07) is 22.2. The molecule has 0 aliphatic rings. The first kappa shape index (κ1) is 27.2. The summed E-state index contributed by atoms with van der Waals surface area (Å²) >= 11 is 0. The van der Waals surface area contributed by atoms with Gasteiger partial charge in [-0.15, -0.1) is 0 Å². The Morgan fingerprint density at radius 2 is 1.31 bits per heavy atom. The van der Waals surface area contributed by atoms with Gasteiger partial charge >= 0.3 is 0 Å². The summed E-state index contributed by atoms with van der Waals surface area (Å²) in [4.78, 5) is 55.8. The third kappa shape index (κ3) is 7.36. The van der Waals surface area contributed by atoms with Crippen molar-refractivity contribution in [3.8, 4) is 0 Å². The quantitative estimate of drug-likeness (QED) is 0.133. The highest BCUT2D eigenvalue weighted by atomic mass is 16.5. The number of hydrogen-bond donors (Lipinski definition) is 4. The summed E-state index contributed by atoms with van der Waals surface area (Å²) in [5.41, 5.74) is 3.27. The van der Waals surface area contributed by atoms with Gasteiger partial charge in [-0.05, 0) is 36.4 Å². The van der Waals surface area contributed by atoms with Gasteiger partial charge < -0.3 is 15.5 Å². The number of fused-ring (bicyclic) bond motifs is 2. The standard InChI is InChI=1S/C29H29N5O5/c35-25(33-39)15-3-4-16-28(38)34(18-26(36)31-23-13-5-9-20-8-1-2-12-22(20)23)19-27(37)32-24-14-6-10-21-11-7-17-30-29(21)24/h1-2,5-14,17,39H,3-4,15-16,18-19H2,(H,31,36)(H,32,37)(H,33,35). The largest absolute Gasteiger partial charge is 0.324 e. The number of aromatic nitrogens is 1. The monoisotopic (exact) mass is 527 g/mol. The van der Waals surface area contributed by atoms with E-state index in [1.54, 1.807) is 35.9 Å². The zero-order chi connectivity index (χ0) is 27.6. The number of unbranched alkanes of at least 4 members (excludes halogenated alkanes) is 1. The molecule has 10 nitrogen and oxygen atoms in total. The Morgan fingerprint density at radius 3 is 2.08 bits per heavy atom. The predicted octanol–water partition coefficient (Wildman–Crippen LogP) is 3.86. The fourth-order valence-corrected chi connectivity index (χ4v) is 4.27. The molecule has 10 heteroatoms. The van der Waals surface area contributed by atoms with Gasteiger partial charge in [0.2, 0.25) is 23.6 Å². The van der Waals surface area contributed by atoms with Gasteiger partial charge in [-0.3, -0.25) is 29.4 Å². The third-order valence-corrected chi connectivity index (χ3v) is 6.16. The van der Waals surface area contributed by atoms with E-state index in [1.807, 2.05) is 48.5 Å². The Bertz CT molecular complexity index is 1400. The van der Waals surface area contributed by atoms with Crippen molar-refractivity contribution in [3.05, 3.63) is 79.0 Å². The minimum Gasteiger partial charge on any atom is -0.324 e. The lowest BCUT2D eigenvalue weighted by Crippen LogP contribution is -2.42. The van der Waals surface area contributed by atoms with E-state index < -0.39 is 23.6 Å². The normalized spacial score (nSPS) is 10.7. The number of nitrogens with one attached hydrogen (secondary N) is 3. The van der Waals surface area contributed by atoms with E-state index in [0.717, 1.165) is 16.2 Å². The maximum Gasteiger partial charge on any atom is 0.244 e. The van der Waals surface area contributed by atoms with Gasteiger partial charge in [0.05, 0.1) is 11.2 Å². The molecule has 200 valence electrons. The van der Waals surface area contributed by atoms with E-state index in [9.17, 15) is 19.2 Å². The molecule has 4 aromatic rings. The topological polar surface area (TPSA) is 141 Å². The van der Waals surface area contributed by atoms with Crippen LogP contribution >= 0.6 is 0 Å². The molecular weight excluding hydrogens is 498 g/mol. The average Bonchev–Trinajstić information content (AvgIpc) is 2.95. The number of para-hydroxylation sites is 1. The first-order valence-corrected chi connectivity index (χ1v) is 12.6. The average molecular weight is 528 g/mol. The first-order chi connectivity index (χ1) is 18.9. The molecule has 1 aromatic heterocycles. The molecular formula is C29H29N5O5. The second kappa shape index (κ2) is 13.1. The third-order valence-electron chi connectivity index (χ3n) is 6.16. The minimum absolute atomic E-state index is 0.0311. The molecule has 4 amide bonds. The van der Waals surface area contributed by atoms with Crippen molar-refractivity contribution in [1.82, 2.24) is 15.4 Å². The molecule has 39 heavy (non-hydrogen) atoms. The van der Waals surface area contributed by atoms with Crippen LogP contribution in [0, 0.1) is 0 Å². The number of anilines is 2. The molecule has 0 saturated carbocycles. The SMILES string of the molecule is O=C(CCCCC(=O)N(CC(=O)Nc1cccc2ccccc12)CC(=O)Nc1cccc2cccnc12)NO. The van der Waals surface area contributed by atoms with E-state index in [-0.39, 0.29) is 25.9 Å². The van der Waals surface area contributed by atoms with Crippen molar-refractivity contribution in [3.63, 3.8) is 0 Å². The maximum atomic E-state index is 13.1. The highest BCUT2D eigenvalue weighted by Gasteiger charge is 2.21. The van der Waals surface area contributed by atoms with Crippen LogP contribution in [0.25, 0.3) is 21.7 Å². The van der Waals surface area contributed by atoms with Crippen LogP contribution < -0.4 is 16.1 Å². The van der Waals surface area contributed by atoms with Crippen molar-refractivity contribution in [2.45, 2.75) is 25.7 Å². The molecule has 0 aliphatic carbocycles. The Balaban J connectivity index is 1.45. The Labute approximate surface area is 225 Å². The molecule has 0 aliphatic heterocycles. The van der Waals surface area contributed by atoms with Crippen LogP contribution in [-0.4, -0.2) is 51.8 Å². The van der Waals surface area contributed by atoms with E-state index in [2.05, 4.69) is 15.6 Å². The fraction of sp³-hybridized carbons (Fsp3) is 0.207. The number of carbonyl (C=O) groups is 4. The maximum absolute atomic E-state index is 13.1. The number of carbonyl (C=O) groups excluding carboxylic acids is 4. The molecule has 0 atom stereocenters. The van der Waals surface area contributed by atoms with Gasteiger partial charge in [0.15, 0.2) is 0 Å². The van der Waals surface area contributed by atoms with Crippen LogP contribution in [0.4, 0.5) is 11.4 Å². The summed E-state index contributed by atoms with van der Waals surface area (Å²) in [7, 11) is 0. The van der Waals surface area contributed by atoms with E-state index in [4.69, 9.17) is 5.21 Å². The van der Waals surface area contributed by atoms with Crippen molar-refractivity contribution in [1.29, 1.82) is 0 Å². The minimum atomic E-state index is -0.545. The van der Waals surface area contributed by atoms with Crippen LogP contribution in [0.3, 0.4) is 0 Å². The Morgan fingerprint density at radius 1 is 0.692 bits per heavy atom. The van der Waals surface area contributed by atoms with Crippen molar-refractivity contribution < 1.29 is 24.4 Å². The Kier molecular flexibility index (Phi) is 9.15. The van der Waals surface area contributed by atoms with Crippen LogP contribution in [0.5, 0.6) is 0 Å². The van der Waals surface area contributed by atoms with Crippen LogP contribution in [0.1, 0.15) is 25.7 Å². The molecule has 0 bridgehead atoms. The smallest absolute Gasteiger partial charge is 0.244 e. The molecule has 0 unspecified atom stereocenters. The number of hydrogen-bond acceptors (Lipinski definition) is 6. The van der Waals surface area contributed by atoms with Crippen molar-refractivity contribution in [2.75, 3.05) is 23.7 Å². The van der Waals surface area contributed by atoms with E-state index in [0.29, 0.717) is 29.7 Å². The fourth-order valence-electron chi connectivity index (χ4n) is 4.27. The van der Waals surface area contributed by atoms with Gasteiger partial charge in [0, 0.05) is 35.5 Å². The molecule has 0 spiro atoms. The van der Waals surface area contributed by atoms with Gasteiger partial charge in [0.1, 0.15) is 13.1 Å². The second-order valence-corrected chi connectivity index (χ2v) is 9.00. The number of benzene rings is 3. The summed E-state index contributed by atoms with van der Waals surface area (Å²) < 4.78 is 0. The lowest BCUT2D eigenvalue weighted by atomic mass is 10.1. The summed E-state index contributed by atoms with van der Waals surface area (Å²) in [6.45, 7) is -0.678. The van der Waals surface area contributed by atoms with Crippen LogP contribution in [0.15, 0.2) is 79.0 Å². The highest BCUT2D eigenvalue weighted by Crippen LogP contribution is 2.23. The van der Waals surface area contributed by atoms with E-state index in [1.165, 1.54) is 4.90 Å². The zero-order valence-electron chi connectivity index (χ0n) is 21.2. The molecule has 0 saturated heterocycles. The number of rotatable bonds is 11. The first-order valence-electron chi connectivity index (χ1n) is 12.6. The van der Waals surface area contributed by atoms with E-state index >= 15 is 0 Å². The summed E-state index contributed by atoms with van der Waals surface area (Å²) in [5, 5.41) is 17.0. The Hall–Kier alpha value is -4.83. The predicted molar refractivity (Wildman–Crippen MR) is 148 cm³/mol. The van der Waals surface area contributed by atoms with Gasteiger partial charge in [0.25, 0.3) is 0 Å². The lowest BCUT2D eigenvalue weighted by molar-refractivity contribution is -0.137. The molecule has 3 aromatic carbocycles. The van der Waals surface area contributed by atoms with Gasteiger partial charge in [-0.1, -0.05) is 54.6 Å². The zero-order valence-corrected chi connectivity index (χ0v) is 21.2. The number of amides is 4. The highest BCUT2D eigenvalue weighted by molar-refractivity contribution is 6.05. The van der Waals surface area contributed by atoms with Crippen LogP contribution in [0.2, 0.25) is 0 Å². The van der Waals surface area contributed by atoms with Gasteiger partial charge in [-0.2, -0.15) is 0 Å². The summed E-state index contributed by atoms with van der Waals surface area (Å²) in [5.74, 6) is -1.87.